The minimum absolute atomic E-state index is 0.472. The molecule has 1 saturated carbocycles. The Morgan fingerprint density at radius 1 is 1.55 bits per heavy atom. The van der Waals surface area contributed by atoms with Crippen LogP contribution in [0.15, 0.2) is 0 Å². The molecule has 0 spiro atoms. The molecular formula is C9H21NO. The van der Waals surface area contributed by atoms with Crippen LogP contribution in [-0.4, -0.2) is 20.3 Å². The summed E-state index contributed by atoms with van der Waals surface area (Å²) in [5.41, 5.74) is 4.50. The molecule has 0 aromatic carbocycles. The molecular weight excluding hydrogens is 138 g/mol. The van der Waals surface area contributed by atoms with Gasteiger partial charge in [0.15, 0.2) is 0 Å². The van der Waals surface area contributed by atoms with Gasteiger partial charge in [0.2, 0.25) is 0 Å². The Morgan fingerprint density at radius 3 is 2.27 bits per heavy atom. The third-order valence-electron chi connectivity index (χ3n) is 2.31. The van der Waals surface area contributed by atoms with E-state index in [9.17, 15) is 0 Å². The van der Waals surface area contributed by atoms with Gasteiger partial charge in [0.25, 0.3) is 0 Å². The molecule has 0 aliphatic heterocycles. The Balaban J connectivity index is 0.000000461. The molecule has 0 bridgehead atoms. The Hall–Kier alpha value is -0.0800. The number of ether oxygens (including phenoxy) is 1. The van der Waals surface area contributed by atoms with Gasteiger partial charge in [-0.25, -0.2) is 0 Å². The molecule has 3 atom stereocenters. The zero-order chi connectivity index (χ0) is 8.85. The highest BCUT2D eigenvalue weighted by Crippen LogP contribution is 2.41. The van der Waals surface area contributed by atoms with E-state index in [2.05, 4.69) is 19.6 Å². The van der Waals surface area contributed by atoms with E-state index in [4.69, 9.17) is 4.74 Å². The molecule has 1 rings (SSSR count). The van der Waals surface area contributed by atoms with Crippen molar-refractivity contribution in [3.63, 3.8) is 0 Å². The second-order valence-electron chi connectivity index (χ2n) is 3.26. The molecule has 0 unspecified atom stereocenters. The van der Waals surface area contributed by atoms with E-state index in [1.165, 1.54) is 19.9 Å². The topological polar surface area (TPSA) is 35.2 Å². The molecule has 11 heavy (non-hydrogen) atoms. The maximum Gasteiger partial charge on any atom is 0.0546 e. The Labute approximate surface area is 70.1 Å². The minimum Gasteiger partial charge on any atom is -0.382 e. The van der Waals surface area contributed by atoms with Crippen LogP contribution in [0.1, 0.15) is 26.7 Å². The molecule has 1 aliphatic carbocycles. The molecule has 1 fully saturated rings. The van der Waals surface area contributed by atoms with Crippen molar-refractivity contribution in [3.05, 3.63) is 0 Å². The van der Waals surface area contributed by atoms with E-state index in [0.29, 0.717) is 6.10 Å². The van der Waals surface area contributed by atoms with Crippen molar-refractivity contribution in [2.75, 3.05) is 14.2 Å². The van der Waals surface area contributed by atoms with Crippen molar-refractivity contribution < 1.29 is 4.74 Å². The van der Waals surface area contributed by atoms with Crippen molar-refractivity contribution in [1.82, 2.24) is 0 Å². The highest BCUT2D eigenvalue weighted by atomic mass is 16.5. The highest BCUT2D eigenvalue weighted by molar-refractivity contribution is 4.83. The van der Waals surface area contributed by atoms with Gasteiger partial charge in [-0.15, -0.1) is 0 Å². The molecule has 2 nitrogen and oxygen atoms in total. The van der Waals surface area contributed by atoms with Crippen molar-refractivity contribution in [1.29, 1.82) is 0 Å². The van der Waals surface area contributed by atoms with Crippen molar-refractivity contribution in [3.8, 4) is 0 Å². The van der Waals surface area contributed by atoms with E-state index >= 15 is 0 Å². The average Bonchev–Trinajstić information content (AvgIpc) is 2.70. The molecule has 0 aromatic heterocycles. The van der Waals surface area contributed by atoms with Crippen LogP contribution in [0.5, 0.6) is 0 Å². The van der Waals surface area contributed by atoms with Gasteiger partial charge in [0.1, 0.15) is 0 Å². The third-order valence-corrected chi connectivity index (χ3v) is 2.31. The van der Waals surface area contributed by atoms with Crippen LogP contribution in [0.4, 0.5) is 0 Å². The predicted octanol–water partition coefficient (Wildman–Crippen LogP) is 1.64. The zero-order valence-electron chi connectivity index (χ0n) is 8.13. The lowest BCUT2D eigenvalue weighted by atomic mass is 10.2. The monoisotopic (exact) mass is 159 g/mol. The lowest BCUT2D eigenvalue weighted by Crippen LogP contribution is -2.05. The van der Waals surface area contributed by atoms with Crippen molar-refractivity contribution >= 4 is 0 Å². The van der Waals surface area contributed by atoms with Crippen LogP contribution < -0.4 is 5.73 Å². The van der Waals surface area contributed by atoms with Crippen LogP contribution in [0, 0.1) is 11.8 Å². The molecule has 0 radical (unpaired) electrons. The highest BCUT2D eigenvalue weighted by Gasteiger charge is 2.33. The van der Waals surface area contributed by atoms with Crippen LogP contribution in [0.2, 0.25) is 0 Å². The Bertz CT molecular complexity index is 93.6. The fraction of sp³-hybridized carbons (Fsp3) is 1.00. The summed E-state index contributed by atoms with van der Waals surface area (Å²) in [5.74, 6) is 1.95. The maximum absolute atomic E-state index is 5.15. The van der Waals surface area contributed by atoms with E-state index in [1.807, 2.05) is 0 Å². The summed E-state index contributed by atoms with van der Waals surface area (Å²) in [6, 6.07) is 0. The summed E-state index contributed by atoms with van der Waals surface area (Å²) in [6.07, 6.45) is 3.16. The fourth-order valence-electron chi connectivity index (χ4n) is 1.25. The number of nitrogens with two attached hydrogens (primary N) is 1. The van der Waals surface area contributed by atoms with Gasteiger partial charge in [0.05, 0.1) is 6.10 Å². The quantitative estimate of drug-likeness (QED) is 0.679. The van der Waals surface area contributed by atoms with Gasteiger partial charge in [-0.05, 0) is 38.6 Å². The average molecular weight is 159 g/mol. The first-order chi connectivity index (χ1) is 5.24. The number of hydrogen-bond acceptors (Lipinski definition) is 2. The van der Waals surface area contributed by atoms with Gasteiger partial charge >= 0.3 is 0 Å². The van der Waals surface area contributed by atoms with E-state index in [1.54, 1.807) is 7.11 Å². The normalized spacial score (nSPS) is 30.3. The summed E-state index contributed by atoms with van der Waals surface area (Å²) in [5, 5.41) is 0. The largest absolute Gasteiger partial charge is 0.382 e. The molecule has 2 N–H and O–H groups in total. The summed E-state index contributed by atoms with van der Waals surface area (Å²) in [4.78, 5) is 0. The van der Waals surface area contributed by atoms with Gasteiger partial charge in [-0.2, -0.15) is 0 Å². The molecule has 2 heteroatoms. The SMILES string of the molecule is CN.CO[C@@H](C)C[C@H]1C[C@H]1C. The number of hydrogen-bond donors (Lipinski definition) is 1. The zero-order valence-corrected chi connectivity index (χ0v) is 8.13. The summed E-state index contributed by atoms with van der Waals surface area (Å²) in [7, 11) is 3.29. The lowest BCUT2D eigenvalue weighted by molar-refractivity contribution is 0.105. The Kier molecular flexibility index (Phi) is 5.51. The molecule has 0 aromatic rings. The van der Waals surface area contributed by atoms with Crippen molar-refractivity contribution in [2.45, 2.75) is 32.8 Å². The second kappa shape index (κ2) is 5.56. The van der Waals surface area contributed by atoms with Gasteiger partial charge in [-0.3, -0.25) is 0 Å². The maximum atomic E-state index is 5.15. The smallest absolute Gasteiger partial charge is 0.0546 e. The number of methoxy groups -OCH3 is 1. The Morgan fingerprint density at radius 2 is 2.00 bits per heavy atom. The van der Waals surface area contributed by atoms with Crippen molar-refractivity contribution in [2.24, 2.45) is 17.6 Å². The summed E-state index contributed by atoms with van der Waals surface area (Å²) < 4.78 is 5.15. The van der Waals surface area contributed by atoms with Gasteiger partial charge < -0.3 is 10.5 Å². The first-order valence-corrected chi connectivity index (χ1v) is 4.34. The van der Waals surface area contributed by atoms with Crippen LogP contribution in [-0.2, 0) is 4.74 Å². The molecule has 0 amide bonds. The molecule has 1 aliphatic rings. The summed E-state index contributed by atoms with van der Waals surface area (Å²) in [6.45, 7) is 4.46. The van der Waals surface area contributed by atoms with E-state index in [0.717, 1.165) is 11.8 Å². The van der Waals surface area contributed by atoms with E-state index < -0.39 is 0 Å². The first kappa shape index (κ1) is 10.9. The fourth-order valence-corrected chi connectivity index (χ4v) is 1.25. The molecule has 68 valence electrons. The number of rotatable bonds is 3. The third kappa shape index (κ3) is 4.38. The standard InChI is InChI=1S/C8H16O.CH5N/c1-6-4-8(6)5-7(2)9-3;1-2/h6-8H,4-5H2,1-3H3;2H2,1H3/t6-,7+,8-;/m1./s1. The predicted molar refractivity (Wildman–Crippen MR) is 48.5 cm³/mol. The van der Waals surface area contributed by atoms with E-state index in [-0.39, 0.29) is 0 Å². The van der Waals surface area contributed by atoms with Crippen LogP contribution in [0.3, 0.4) is 0 Å². The first-order valence-electron chi connectivity index (χ1n) is 4.34. The molecule has 0 heterocycles. The minimum atomic E-state index is 0.472. The van der Waals surface area contributed by atoms with Gasteiger partial charge in [0, 0.05) is 7.11 Å². The van der Waals surface area contributed by atoms with Gasteiger partial charge in [-0.1, -0.05) is 6.92 Å². The van der Waals surface area contributed by atoms with Crippen LogP contribution in [0.25, 0.3) is 0 Å². The van der Waals surface area contributed by atoms with Crippen LogP contribution >= 0.6 is 0 Å². The lowest BCUT2D eigenvalue weighted by Gasteiger charge is -2.06. The second-order valence-corrected chi connectivity index (χ2v) is 3.26. The molecule has 0 saturated heterocycles. The summed E-state index contributed by atoms with van der Waals surface area (Å²) >= 11 is 0.